The number of thiophene rings is 1. The number of carbonyl (C=O) groups is 2. The summed E-state index contributed by atoms with van der Waals surface area (Å²) in [5.74, 6) is -1.12. The van der Waals surface area contributed by atoms with E-state index in [1.807, 2.05) is 0 Å². The lowest BCUT2D eigenvalue weighted by Crippen LogP contribution is -2.20. The number of benzene rings is 1. The summed E-state index contributed by atoms with van der Waals surface area (Å²) in [6.07, 6.45) is 2.67. The van der Waals surface area contributed by atoms with Crippen molar-refractivity contribution in [3.63, 3.8) is 0 Å². The van der Waals surface area contributed by atoms with Crippen molar-refractivity contribution >= 4 is 52.3 Å². The van der Waals surface area contributed by atoms with Crippen LogP contribution in [0.1, 0.15) is 11.8 Å². The highest BCUT2D eigenvalue weighted by Crippen LogP contribution is 2.29. The number of nitrogens with one attached hydrogen (secondary N) is 1. The zero-order valence-electron chi connectivity index (χ0n) is 14.1. The number of rotatable bonds is 8. The molecule has 27 heavy (non-hydrogen) atoms. The summed E-state index contributed by atoms with van der Waals surface area (Å²) < 4.78 is 10.6. The van der Waals surface area contributed by atoms with Crippen molar-refractivity contribution in [2.24, 2.45) is 0 Å². The van der Waals surface area contributed by atoms with Crippen molar-refractivity contribution in [1.29, 1.82) is 0 Å². The Balaban J connectivity index is 1.92. The van der Waals surface area contributed by atoms with Crippen molar-refractivity contribution in [3.05, 3.63) is 55.7 Å². The first-order valence-corrected chi connectivity index (χ1v) is 8.89. The zero-order valence-corrected chi connectivity index (χ0v) is 15.7. The average Bonchev–Trinajstić information content (AvgIpc) is 3.05. The number of ether oxygens (including phenoxy) is 2. The second kappa shape index (κ2) is 9.70. The molecule has 1 aromatic carbocycles. The van der Waals surface area contributed by atoms with Gasteiger partial charge in [0.1, 0.15) is 11.4 Å². The number of amides is 1. The van der Waals surface area contributed by atoms with Crippen LogP contribution in [0.15, 0.2) is 36.4 Å². The van der Waals surface area contributed by atoms with Crippen LogP contribution in [0.5, 0.6) is 5.75 Å². The number of hydrogen-bond acceptors (Lipinski definition) is 7. The van der Waals surface area contributed by atoms with E-state index >= 15 is 0 Å². The molecule has 0 saturated carbocycles. The third-order valence-corrected chi connectivity index (χ3v) is 4.27. The standard InChI is InChI=1S/C17H15ClN2O6S/c1-2-25-11-3-6-13(14(9-11)20(23)24)19-16(21)10-26-17(22)8-5-12-4-7-15(18)27-12/h3-9H,2,10H2,1H3,(H,19,21)/b8-5+. The lowest BCUT2D eigenvalue weighted by atomic mass is 10.2. The van der Waals surface area contributed by atoms with Crippen LogP contribution in [-0.4, -0.2) is 30.0 Å². The van der Waals surface area contributed by atoms with Gasteiger partial charge >= 0.3 is 5.97 Å². The molecule has 0 spiro atoms. The molecule has 10 heteroatoms. The van der Waals surface area contributed by atoms with Crippen LogP contribution in [0, 0.1) is 10.1 Å². The Morgan fingerprint density at radius 2 is 2.11 bits per heavy atom. The Morgan fingerprint density at radius 3 is 2.74 bits per heavy atom. The molecule has 0 radical (unpaired) electrons. The van der Waals surface area contributed by atoms with E-state index in [9.17, 15) is 19.7 Å². The summed E-state index contributed by atoms with van der Waals surface area (Å²) in [6.45, 7) is 1.51. The molecule has 0 bridgehead atoms. The summed E-state index contributed by atoms with van der Waals surface area (Å²) in [5, 5.41) is 13.5. The second-order valence-corrected chi connectivity index (χ2v) is 6.75. The first kappa shape index (κ1) is 20.4. The fourth-order valence-corrected chi connectivity index (χ4v) is 2.93. The molecule has 8 nitrogen and oxygen atoms in total. The van der Waals surface area contributed by atoms with Crippen molar-refractivity contribution in [3.8, 4) is 5.75 Å². The number of esters is 1. The largest absolute Gasteiger partial charge is 0.494 e. The highest BCUT2D eigenvalue weighted by molar-refractivity contribution is 7.17. The Morgan fingerprint density at radius 1 is 1.33 bits per heavy atom. The maximum atomic E-state index is 11.9. The first-order valence-electron chi connectivity index (χ1n) is 7.70. The molecule has 1 heterocycles. The number of anilines is 1. The van der Waals surface area contributed by atoms with E-state index in [0.717, 1.165) is 11.0 Å². The lowest BCUT2D eigenvalue weighted by Gasteiger charge is -2.08. The van der Waals surface area contributed by atoms with Gasteiger partial charge in [-0.3, -0.25) is 14.9 Å². The Kier molecular flexibility index (Phi) is 7.33. The van der Waals surface area contributed by atoms with E-state index in [1.165, 1.54) is 35.6 Å². The fourth-order valence-electron chi connectivity index (χ4n) is 1.96. The van der Waals surface area contributed by atoms with Crippen LogP contribution in [0.4, 0.5) is 11.4 Å². The topological polar surface area (TPSA) is 108 Å². The van der Waals surface area contributed by atoms with Gasteiger partial charge in [0.25, 0.3) is 11.6 Å². The minimum atomic E-state index is -0.726. The molecule has 0 aliphatic carbocycles. The van der Waals surface area contributed by atoms with Crippen LogP contribution < -0.4 is 10.1 Å². The number of nitro groups is 1. The van der Waals surface area contributed by atoms with Crippen LogP contribution in [0.3, 0.4) is 0 Å². The fraction of sp³-hybridized carbons (Fsp3) is 0.176. The molecule has 0 saturated heterocycles. The predicted octanol–water partition coefficient (Wildman–Crippen LogP) is 3.90. The Bertz CT molecular complexity index is 880. The molecule has 1 aromatic heterocycles. The number of carbonyl (C=O) groups excluding carboxylic acids is 2. The lowest BCUT2D eigenvalue weighted by molar-refractivity contribution is -0.384. The molecule has 2 rings (SSSR count). The van der Waals surface area contributed by atoms with Crippen molar-refractivity contribution in [2.75, 3.05) is 18.5 Å². The van der Waals surface area contributed by atoms with Gasteiger partial charge in [-0.1, -0.05) is 11.6 Å². The molecule has 0 aliphatic rings. The quantitative estimate of drug-likeness (QED) is 0.306. The van der Waals surface area contributed by atoms with Crippen molar-refractivity contribution in [2.45, 2.75) is 6.92 Å². The molecule has 1 amide bonds. The molecule has 0 atom stereocenters. The van der Waals surface area contributed by atoms with Crippen molar-refractivity contribution < 1.29 is 24.0 Å². The van der Waals surface area contributed by atoms with E-state index < -0.39 is 23.4 Å². The van der Waals surface area contributed by atoms with E-state index in [-0.39, 0.29) is 11.4 Å². The minimum absolute atomic E-state index is 0.0201. The third kappa shape index (κ3) is 6.39. The number of hydrogen-bond donors (Lipinski definition) is 1. The molecule has 0 fully saturated rings. The molecule has 2 aromatic rings. The van der Waals surface area contributed by atoms with Gasteiger partial charge in [-0.25, -0.2) is 4.79 Å². The van der Waals surface area contributed by atoms with Crippen LogP contribution in [0.25, 0.3) is 6.08 Å². The van der Waals surface area contributed by atoms with Crippen LogP contribution in [-0.2, 0) is 14.3 Å². The van der Waals surface area contributed by atoms with E-state index in [1.54, 1.807) is 19.1 Å². The molecule has 1 N–H and O–H groups in total. The molecule has 0 aliphatic heterocycles. The van der Waals surface area contributed by atoms with Gasteiger partial charge in [0.2, 0.25) is 0 Å². The van der Waals surface area contributed by atoms with E-state index in [4.69, 9.17) is 21.1 Å². The maximum absolute atomic E-state index is 11.9. The summed E-state index contributed by atoms with van der Waals surface area (Å²) in [7, 11) is 0. The van der Waals surface area contributed by atoms with Gasteiger partial charge in [0.15, 0.2) is 6.61 Å². The van der Waals surface area contributed by atoms with Crippen LogP contribution >= 0.6 is 22.9 Å². The number of nitrogens with zero attached hydrogens (tertiary/aromatic N) is 1. The third-order valence-electron chi connectivity index (χ3n) is 3.07. The van der Waals surface area contributed by atoms with Crippen LogP contribution in [0.2, 0.25) is 4.34 Å². The van der Waals surface area contributed by atoms with Gasteiger partial charge in [-0.2, -0.15) is 0 Å². The summed E-state index contributed by atoms with van der Waals surface area (Å²) in [6, 6.07) is 7.47. The average molecular weight is 411 g/mol. The summed E-state index contributed by atoms with van der Waals surface area (Å²) >= 11 is 7.06. The van der Waals surface area contributed by atoms with Gasteiger partial charge in [-0.05, 0) is 37.3 Å². The van der Waals surface area contributed by atoms with Gasteiger partial charge in [0.05, 0.1) is 21.9 Å². The predicted molar refractivity (Wildman–Crippen MR) is 102 cm³/mol. The molecule has 0 unspecified atom stereocenters. The minimum Gasteiger partial charge on any atom is -0.494 e. The Hall–Kier alpha value is -2.91. The SMILES string of the molecule is CCOc1ccc(NC(=O)COC(=O)/C=C/c2ccc(Cl)s2)c([N+](=O)[O-])c1. The normalized spacial score (nSPS) is 10.6. The number of halogens is 1. The van der Waals surface area contributed by atoms with E-state index in [2.05, 4.69) is 5.32 Å². The summed E-state index contributed by atoms with van der Waals surface area (Å²) in [4.78, 5) is 34.8. The Labute approximate surface area is 163 Å². The monoisotopic (exact) mass is 410 g/mol. The smallest absolute Gasteiger partial charge is 0.331 e. The summed E-state index contributed by atoms with van der Waals surface area (Å²) in [5.41, 5.74) is -0.344. The second-order valence-electron chi connectivity index (χ2n) is 5.00. The zero-order chi connectivity index (χ0) is 19.8. The highest BCUT2D eigenvalue weighted by Gasteiger charge is 2.18. The van der Waals surface area contributed by atoms with Gasteiger partial charge in [0, 0.05) is 11.0 Å². The number of nitro benzene ring substituents is 1. The first-order chi connectivity index (χ1) is 12.9. The molecular formula is C17H15ClN2O6S. The molecular weight excluding hydrogens is 396 g/mol. The molecule has 142 valence electrons. The highest BCUT2D eigenvalue weighted by atomic mass is 35.5. The van der Waals surface area contributed by atoms with Crippen molar-refractivity contribution in [1.82, 2.24) is 0 Å². The van der Waals surface area contributed by atoms with E-state index in [0.29, 0.717) is 16.7 Å². The van der Waals surface area contributed by atoms with Gasteiger partial charge in [-0.15, -0.1) is 11.3 Å². The maximum Gasteiger partial charge on any atom is 0.331 e. The van der Waals surface area contributed by atoms with Gasteiger partial charge < -0.3 is 14.8 Å².